The zero-order valence-electron chi connectivity index (χ0n) is 9.83. The molecule has 0 fully saturated rings. The Morgan fingerprint density at radius 1 is 1.06 bits per heavy atom. The van der Waals surface area contributed by atoms with Crippen molar-refractivity contribution in [2.75, 3.05) is 0 Å². The van der Waals surface area contributed by atoms with Gasteiger partial charge in [-0.3, -0.25) is 0 Å². The summed E-state index contributed by atoms with van der Waals surface area (Å²) in [7, 11) is 0. The van der Waals surface area contributed by atoms with Crippen LogP contribution in [0.3, 0.4) is 0 Å². The van der Waals surface area contributed by atoms with Crippen LogP contribution in [0, 0.1) is 0 Å². The van der Waals surface area contributed by atoms with Crippen LogP contribution in [0.2, 0.25) is 0 Å². The SMILES string of the molecule is CC(C)c1cccc2c1oc1cccc(Br)c12. The van der Waals surface area contributed by atoms with Gasteiger partial charge in [0, 0.05) is 15.2 Å². The third-order valence-electron chi connectivity index (χ3n) is 3.12. The molecule has 1 heterocycles. The van der Waals surface area contributed by atoms with Gasteiger partial charge >= 0.3 is 0 Å². The van der Waals surface area contributed by atoms with Gasteiger partial charge in [0.25, 0.3) is 0 Å². The number of para-hydroxylation sites is 1. The summed E-state index contributed by atoms with van der Waals surface area (Å²) in [6.07, 6.45) is 0. The molecule has 0 saturated carbocycles. The maximum absolute atomic E-state index is 6.00. The summed E-state index contributed by atoms with van der Waals surface area (Å²) >= 11 is 3.60. The molecule has 0 saturated heterocycles. The fraction of sp³-hybridized carbons (Fsp3) is 0.200. The van der Waals surface area contributed by atoms with Crippen LogP contribution in [0.1, 0.15) is 25.3 Å². The van der Waals surface area contributed by atoms with E-state index >= 15 is 0 Å². The van der Waals surface area contributed by atoms with E-state index in [-0.39, 0.29) is 0 Å². The van der Waals surface area contributed by atoms with E-state index in [0.717, 1.165) is 15.6 Å². The van der Waals surface area contributed by atoms with Gasteiger partial charge in [0.2, 0.25) is 0 Å². The summed E-state index contributed by atoms with van der Waals surface area (Å²) < 4.78 is 7.09. The second-order valence-electron chi connectivity index (χ2n) is 4.59. The Morgan fingerprint density at radius 2 is 1.82 bits per heavy atom. The third-order valence-corrected chi connectivity index (χ3v) is 3.79. The van der Waals surface area contributed by atoms with Crippen LogP contribution in [0.25, 0.3) is 21.9 Å². The van der Waals surface area contributed by atoms with Crippen molar-refractivity contribution in [2.24, 2.45) is 0 Å². The normalized spacial score (nSPS) is 11.8. The Balaban J connectivity index is 2.52. The molecule has 3 aromatic rings. The number of fused-ring (bicyclic) bond motifs is 3. The van der Waals surface area contributed by atoms with Crippen LogP contribution in [-0.4, -0.2) is 0 Å². The molecule has 0 atom stereocenters. The van der Waals surface area contributed by atoms with Crippen molar-refractivity contribution >= 4 is 37.9 Å². The quantitative estimate of drug-likeness (QED) is 0.578. The van der Waals surface area contributed by atoms with E-state index in [4.69, 9.17) is 4.42 Å². The summed E-state index contributed by atoms with van der Waals surface area (Å²) in [6.45, 7) is 4.38. The average Bonchev–Trinajstić information content (AvgIpc) is 2.67. The first-order valence-electron chi connectivity index (χ1n) is 5.78. The minimum absolute atomic E-state index is 0.470. The van der Waals surface area contributed by atoms with Gasteiger partial charge in [0.05, 0.1) is 0 Å². The number of rotatable bonds is 1. The lowest BCUT2D eigenvalue weighted by Crippen LogP contribution is -1.86. The van der Waals surface area contributed by atoms with Crippen LogP contribution in [0.5, 0.6) is 0 Å². The molecule has 2 aromatic carbocycles. The van der Waals surface area contributed by atoms with E-state index in [1.807, 2.05) is 12.1 Å². The summed E-state index contributed by atoms with van der Waals surface area (Å²) in [5, 5.41) is 2.36. The van der Waals surface area contributed by atoms with Crippen molar-refractivity contribution in [2.45, 2.75) is 19.8 Å². The molecule has 17 heavy (non-hydrogen) atoms. The van der Waals surface area contributed by atoms with Crippen molar-refractivity contribution < 1.29 is 4.42 Å². The molecule has 2 heteroatoms. The maximum Gasteiger partial charge on any atom is 0.138 e. The molecule has 0 unspecified atom stereocenters. The average molecular weight is 289 g/mol. The molecule has 0 N–H and O–H groups in total. The van der Waals surface area contributed by atoms with Crippen molar-refractivity contribution in [3.8, 4) is 0 Å². The van der Waals surface area contributed by atoms with E-state index in [1.54, 1.807) is 0 Å². The highest BCUT2D eigenvalue weighted by molar-refractivity contribution is 9.10. The first-order valence-corrected chi connectivity index (χ1v) is 6.57. The van der Waals surface area contributed by atoms with Gasteiger partial charge in [-0.05, 0) is 23.6 Å². The Labute approximate surface area is 109 Å². The first-order chi connectivity index (χ1) is 8.18. The molecular weight excluding hydrogens is 276 g/mol. The van der Waals surface area contributed by atoms with Gasteiger partial charge in [-0.25, -0.2) is 0 Å². The summed E-state index contributed by atoms with van der Waals surface area (Å²) in [6, 6.07) is 12.4. The highest BCUT2D eigenvalue weighted by Crippen LogP contribution is 2.37. The Bertz CT molecular complexity index is 695. The highest BCUT2D eigenvalue weighted by Gasteiger charge is 2.13. The molecule has 0 aliphatic heterocycles. The van der Waals surface area contributed by atoms with Crippen molar-refractivity contribution in [3.05, 3.63) is 46.4 Å². The number of furan rings is 1. The van der Waals surface area contributed by atoms with Gasteiger partial charge in [-0.1, -0.05) is 54.0 Å². The Morgan fingerprint density at radius 3 is 2.59 bits per heavy atom. The van der Waals surface area contributed by atoms with Gasteiger partial charge in [0.15, 0.2) is 0 Å². The molecule has 1 aromatic heterocycles. The number of hydrogen-bond acceptors (Lipinski definition) is 1. The largest absolute Gasteiger partial charge is 0.456 e. The zero-order valence-corrected chi connectivity index (χ0v) is 11.4. The molecule has 3 rings (SSSR count). The second-order valence-corrected chi connectivity index (χ2v) is 5.45. The fourth-order valence-electron chi connectivity index (χ4n) is 2.28. The third kappa shape index (κ3) is 1.59. The van der Waals surface area contributed by atoms with Gasteiger partial charge in [0.1, 0.15) is 11.2 Å². The summed E-state index contributed by atoms with van der Waals surface area (Å²) in [4.78, 5) is 0. The molecule has 0 aliphatic carbocycles. The first kappa shape index (κ1) is 10.8. The zero-order chi connectivity index (χ0) is 12.0. The van der Waals surface area contributed by atoms with Gasteiger partial charge in [-0.2, -0.15) is 0 Å². The van der Waals surface area contributed by atoms with E-state index in [2.05, 4.69) is 54.0 Å². The molecule has 0 amide bonds. The summed E-state index contributed by atoms with van der Waals surface area (Å²) in [5.74, 6) is 0.470. The van der Waals surface area contributed by atoms with E-state index in [1.165, 1.54) is 16.3 Å². The minimum atomic E-state index is 0.470. The van der Waals surface area contributed by atoms with E-state index < -0.39 is 0 Å². The van der Waals surface area contributed by atoms with Gasteiger partial charge in [-0.15, -0.1) is 0 Å². The molecule has 0 aliphatic rings. The molecule has 0 radical (unpaired) electrons. The van der Waals surface area contributed by atoms with Crippen LogP contribution < -0.4 is 0 Å². The summed E-state index contributed by atoms with van der Waals surface area (Å²) in [5.41, 5.74) is 3.23. The van der Waals surface area contributed by atoms with Crippen LogP contribution in [0.4, 0.5) is 0 Å². The van der Waals surface area contributed by atoms with Gasteiger partial charge < -0.3 is 4.42 Å². The fourth-order valence-corrected chi connectivity index (χ4v) is 2.84. The molecular formula is C15H13BrO. The molecule has 86 valence electrons. The van der Waals surface area contributed by atoms with Crippen LogP contribution >= 0.6 is 15.9 Å². The smallest absolute Gasteiger partial charge is 0.138 e. The second kappa shape index (κ2) is 3.88. The maximum atomic E-state index is 6.00. The van der Waals surface area contributed by atoms with E-state index in [0.29, 0.717) is 5.92 Å². The standard InChI is InChI=1S/C15H13BrO/c1-9(2)10-5-3-6-11-14-12(16)7-4-8-13(14)17-15(10)11/h3-9H,1-2H3. The topological polar surface area (TPSA) is 13.1 Å². The molecule has 0 spiro atoms. The predicted octanol–water partition coefficient (Wildman–Crippen LogP) is 5.47. The number of halogens is 1. The van der Waals surface area contributed by atoms with E-state index in [9.17, 15) is 0 Å². The highest BCUT2D eigenvalue weighted by atomic mass is 79.9. The minimum Gasteiger partial charge on any atom is -0.456 e. The lowest BCUT2D eigenvalue weighted by Gasteiger charge is -2.04. The van der Waals surface area contributed by atoms with Crippen molar-refractivity contribution in [3.63, 3.8) is 0 Å². The predicted molar refractivity (Wildman–Crippen MR) is 75.5 cm³/mol. The Kier molecular flexibility index (Phi) is 2.48. The lowest BCUT2D eigenvalue weighted by atomic mass is 10.0. The number of benzene rings is 2. The monoisotopic (exact) mass is 288 g/mol. The van der Waals surface area contributed by atoms with Crippen LogP contribution in [-0.2, 0) is 0 Å². The number of hydrogen-bond donors (Lipinski definition) is 0. The molecule has 1 nitrogen and oxygen atoms in total. The Hall–Kier alpha value is -1.28. The van der Waals surface area contributed by atoms with Crippen molar-refractivity contribution in [1.29, 1.82) is 0 Å². The van der Waals surface area contributed by atoms with Crippen molar-refractivity contribution in [1.82, 2.24) is 0 Å². The van der Waals surface area contributed by atoms with Crippen LogP contribution in [0.15, 0.2) is 45.3 Å². The molecule has 0 bridgehead atoms. The lowest BCUT2D eigenvalue weighted by molar-refractivity contribution is 0.657.